The van der Waals surface area contributed by atoms with Crippen molar-refractivity contribution in [1.82, 2.24) is 9.38 Å². The number of imidazole rings is 1. The van der Waals surface area contributed by atoms with Crippen molar-refractivity contribution >= 4 is 22.9 Å². The molecule has 122 valence electrons. The maximum atomic E-state index is 5.81. The first-order valence-electron chi connectivity index (χ1n) is 8.12. The maximum Gasteiger partial charge on any atom is 0.137 e. The normalized spacial score (nSPS) is 10.9. The molecule has 0 saturated carbocycles. The summed E-state index contributed by atoms with van der Waals surface area (Å²) in [6, 6.07) is 24.8. The van der Waals surface area contributed by atoms with E-state index in [9.17, 15) is 0 Å². The number of rotatable bonds is 4. The van der Waals surface area contributed by atoms with E-state index >= 15 is 0 Å². The largest absolute Gasteiger partial charge is 0.393 e. The first-order chi connectivity index (χ1) is 12.2. The molecule has 0 bridgehead atoms. The number of benzene rings is 2. The van der Waals surface area contributed by atoms with Crippen LogP contribution < -0.4 is 5.73 Å². The van der Waals surface area contributed by atoms with Crippen LogP contribution in [0.1, 0.15) is 5.69 Å². The minimum atomic E-state index is 0.466. The van der Waals surface area contributed by atoms with E-state index in [1.165, 1.54) is 11.1 Å². The van der Waals surface area contributed by atoms with Gasteiger partial charge in [-0.15, -0.1) is 0 Å². The number of fused-ring (bicyclic) bond motifs is 1. The summed E-state index contributed by atoms with van der Waals surface area (Å²) in [5, 5.41) is 0. The van der Waals surface area contributed by atoms with Gasteiger partial charge in [0.05, 0.1) is 16.4 Å². The van der Waals surface area contributed by atoms with Gasteiger partial charge in [-0.05, 0) is 23.3 Å². The van der Waals surface area contributed by atoms with Crippen molar-refractivity contribution in [2.45, 2.75) is 6.42 Å². The van der Waals surface area contributed by atoms with Gasteiger partial charge in [0.1, 0.15) is 5.65 Å². The summed E-state index contributed by atoms with van der Waals surface area (Å²) in [6.45, 7) is 0. The van der Waals surface area contributed by atoms with Gasteiger partial charge in [-0.3, -0.25) is 0 Å². The van der Waals surface area contributed by atoms with Crippen LogP contribution in [0.4, 0.5) is 0 Å². The fraction of sp³-hybridized carbons (Fsp3) is 0.0476. The van der Waals surface area contributed by atoms with Crippen LogP contribution in [0.25, 0.3) is 28.0 Å². The second kappa shape index (κ2) is 6.49. The van der Waals surface area contributed by atoms with Crippen LogP contribution in [0.15, 0.2) is 79.0 Å². The molecule has 4 heteroatoms. The first kappa shape index (κ1) is 15.5. The monoisotopic (exact) mass is 343 g/mol. The van der Waals surface area contributed by atoms with Crippen molar-refractivity contribution in [2.24, 2.45) is 5.73 Å². The quantitative estimate of drug-likeness (QED) is 0.555. The third-order valence-corrected chi connectivity index (χ3v) is 4.38. The van der Waals surface area contributed by atoms with Gasteiger partial charge < -0.3 is 10.1 Å². The summed E-state index contributed by atoms with van der Waals surface area (Å²) < 4.78 is 2.06. The third kappa shape index (κ3) is 3.04. The summed E-state index contributed by atoms with van der Waals surface area (Å²) >= 11 is 5.14. The number of nitrogens with zero attached hydrogens (tertiary/aromatic N) is 2. The molecule has 0 unspecified atom stereocenters. The molecule has 0 radical (unpaired) electrons. The lowest BCUT2D eigenvalue weighted by Gasteiger charge is -2.06. The van der Waals surface area contributed by atoms with Crippen molar-refractivity contribution in [1.29, 1.82) is 0 Å². The topological polar surface area (TPSA) is 43.3 Å². The second-order valence-corrected chi connectivity index (χ2v) is 6.45. The molecule has 2 aromatic heterocycles. The predicted molar refractivity (Wildman–Crippen MR) is 107 cm³/mol. The SMILES string of the molecule is NC(=S)Cc1c(-c2ccc(-c3ccccc3)cc2)nc2ccccn12. The van der Waals surface area contributed by atoms with Crippen LogP contribution in [0.5, 0.6) is 0 Å². The highest BCUT2D eigenvalue weighted by atomic mass is 32.1. The van der Waals surface area contributed by atoms with Crippen molar-refractivity contribution in [2.75, 3.05) is 0 Å². The lowest BCUT2D eigenvalue weighted by molar-refractivity contribution is 1.07. The predicted octanol–water partition coefficient (Wildman–Crippen LogP) is 4.50. The second-order valence-electron chi connectivity index (χ2n) is 5.92. The van der Waals surface area contributed by atoms with E-state index in [0.717, 1.165) is 22.6 Å². The van der Waals surface area contributed by atoms with Gasteiger partial charge in [-0.25, -0.2) is 4.98 Å². The molecule has 0 spiro atoms. The zero-order valence-corrected chi connectivity index (χ0v) is 14.4. The molecule has 4 rings (SSSR count). The van der Waals surface area contributed by atoms with E-state index < -0.39 is 0 Å². The Balaban J connectivity index is 1.80. The molecule has 25 heavy (non-hydrogen) atoms. The van der Waals surface area contributed by atoms with Crippen LogP contribution >= 0.6 is 12.2 Å². The van der Waals surface area contributed by atoms with Crippen LogP contribution in [0.3, 0.4) is 0 Å². The van der Waals surface area contributed by atoms with Gasteiger partial charge in [-0.1, -0.05) is 72.9 Å². The molecule has 0 fully saturated rings. The molecule has 0 saturated heterocycles. The number of hydrogen-bond acceptors (Lipinski definition) is 2. The Morgan fingerprint density at radius 2 is 1.48 bits per heavy atom. The molecule has 0 aliphatic carbocycles. The highest BCUT2D eigenvalue weighted by Gasteiger charge is 2.14. The highest BCUT2D eigenvalue weighted by Crippen LogP contribution is 2.28. The molecule has 2 aromatic carbocycles. The third-order valence-electron chi connectivity index (χ3n) is 4.24. The minimum absolute atomic E-state index is 0.466. The standard InChI is InChI=1S/C21H17N3S/c22-19(25)14-18-21(23-20-8-4-5-13-24(18)20)17-11-9-16(10-12-17)15-6-2-1-3-7-15/h1-13H,14H2,(H2,22,25). The van der Waals surface area contributed by atoms with E-state index in [1.807, 2.05) is 42.6 Å². The van der Waals surface area contributed by atoms with Crippen molar-refractivity contribution in [3.8, 4) is 22.4 Å². The molecule has 3 nitrogen and oxygen atoms in total. The van der Waals surface area contributed by atoms with Gasteiger partial charge in [0.25, 0.3) is 0 Å². The highest BCUT2D eigenvalue weighted by molar-refractivity contribution is 7.80. The van der Waals surface area contributed by atoms with Crippen LogP contribution in [-0.4, -0.2) is 14.4 Å². The lowest BCUT2D eigenvalue weighted by atomic mass is 10.0. The smallest absolute Gasteiger partial charge is 0.137 e. The Labute approximate surface area is 151 Å². The zero-order valence-electron chi connectivity index (χ0n) is 13.6. The Morgan fingerprint density at radius 1 is 0.840 bits per heavy atom. The van der Waals surface area contributed by atoms with E-state index in [0.29, 0.717) is 11.4 Å². The van der Waals surface area contributed by atoms with Crippen molar-refractivity contribution in [3.05, 3.63) is 84.7 Å². The molecular formula is C21H17N3S. The summed E-state index contributed by atoms with van der Waals surface area (Å²) in [4.78, 5) is 5.25. The summed E-state index contributed by atoms with van der Waals surface area (Å²) in [7, 11) is 0. The van der Waals surface area contributed by atoms with Gasteiger partial charge in [0.15, 0.2) is 0 Å². The summed E-state index contributed by atoms with van der Waals surface area (Å²) in [5.74, 6) is 0. The summed E-state index contributed by atoms with van der Waals surface area (Å²) in [6.07, 6.45) is 2.52. The Kier molecular flexibility index (Phi) is 4.04. The molecular weight excluding hydrogens is 326 g/mol. The van der Waals surface area contributed by atoms with Gasteiger partial charge >= 0.3 is 0 Å². The Hall–Kier alpha value is -2.98. The Morgan fingerprint density at radius 3 is 2.20 bits per heavy atom. The summed E-state index contributed by atoms with van der Waals surface area (Å²) in [5.41, 5.74) is 12.1. The molecule has 0 aliphatic heterocycles. The number of nitrogens with two attached hydrogens (primary N) is 1. The van der Waals surface area contributed by atoms with Gasteiger partial charge in [-0.2, -0.15) is 0 Å². The van der Waals surface area contributed by atoms with Crippen molar-refractivity contribution in [3.63, 3.8) is 0 Å². The lowest BCUT2D eigenvalue weighted by Crippen LogP contribution is -2.13. The van der Waals surface area contributed by atoms with E-state index in [-0.39, 0.29) is 0 Å². The number of hydrogen-bond donors (Lipinski definition) is 1. The van der Waals surface area contributed by atoms with E-state index in [4.69, 9.17) is 22.9 Å². The zero-order chi connectivity index (χ0) is 17.2. The number of thiocarbonyl (C=S) groups is 1. The molecule has 2 heterocycles. The van der Waals surface area contributed by atoms with E-state index in [2.05, 4.69) is 40.8 Å². The minimum Gasteiger partial charge on any atom is -0.393 e. The fourth-order valence-corrected chi connectivity index (χ4v) is 3.20. The fourth-order valence-electron chi connectivity index (χ4n) is 3.06. The average Bonchev–Trinajstić information content (AvgIpc) is 3.01. The number of aromatic nitrogens is 2. The van der Waals surface area contributed by atoms with Crippen LogP contribution in [-0.2, 0) is 6.42 Å². The molecule has 0 atom stereocenters. The molecule has 2 N–H and O–H groups in total. The number of pyridine rings is 1. The average molecular weight is 343 g/mol. The van der Waals surface area contributed by atoms with Gasteiger partial charge in [0.2, 0.25) is 0 Å². The Bertz CT molecular complexity index is 1030. The molecule has 0 aliphatic rings. The maximum absolute atomic E-state index is 5.81. The van der Waals surface area contributed by atoms with Crippen molar-refractivity contribution < 1.29 is 0 Å². The van der Waals surface area contributed by atoms with Crippen LogP contribution in [0, 0.1) is 0 Å². The first-order valence-corrected chi connectivity index (χ1v) is 8.53. The van der Waals surface area contributed by atoms with Gasteiger partial charge in [0, 0.05) is 18.2 Å². The van der Waals surface area contributed by atoms with E-state index in [1.54, 1.807) is 0 Å². The van der Waals surface area contributed by atoms with Crippen LogP contribution in [0.2, 0.25) is 0 Å². The molecule has 0 amide bonds. The molecule has 4 aromatic rings.